The van der Waals surface area contributed by atoms with Gasteiger partial charge < -0.3 is 14.4 Å². The minimum atomic E-state index is -4.52. The fourth-order valence-corrected chi connectivity index (χ4v) is 7.47. The van der Waals surface area contributed by atoms with E-state index in [1.807, 2.05) is 11.0 Å². The number of allylic oxidation sites excluding steroid dienone is 1. The standard InChI is InChI=1S/C40H43F4N5O3/c41-39-32-24-29(15-17-34(32)49(46-39)37-14-4-7-23-51-37)38(33(25-40(42,43)44)28-10-2-1-3-11-28)30-16-18-35(45-26-30)52-31-12-8-19-47(27-31)20-9-13-36(50)48-21-5-6-22-48/h1-3,9-11,13,15-18,24,26,31,37H,4-8,12,14,19-23,25,27H2/b13-9+,38-33-/t31-,37?/m1/s1. The van der Waals surface area contributed by atoms with Crippen LogP contribution in [0.25, 0.3) is 22.0 Å². The topological polar surface area (TPSA) is 72.7 Å². The monoisotopic (exact) mass is 717 g/mol. The lowest BCUT2D eigenvalue weighted by Crippen LogP contribution is -2.41. The van der Waals surface area contributed by atoms with Gasteiger partial charge in [0.05, 0.1) is 17.3 Å². The average molecular weight is 718 g/mol. The molecular formula is C40H43F4N5O3. The molecule has 3 fully saturated rings. The van der Waals surface area contributed by atoms with Crippen LogP contribution in [0.1, 0.15) is 74.3 Å². The lowest BCUT2D eigenvalue weighted by molar-refractivity contribution is -0.125. The van der Waals surface area contributed by atoms with Crippen LogP contribution in [0, 0.1) is 5.95 Å². The number of hydrogen-bond acceptors (Lipinski definition) is 6. The number of aromatic nitrogens is 3. The van der Waals surface area contributed by atoms with Crippen LogP contribution < -0.4 is 4.74 Å². The SMILES string of the molecule is O=C(/C=C/CN1CCC[C@@H](Oc2ccc(/C(=C(/CC(F)(F)F)c3ccccc3)c3ccc4c(c3)c(F)nn4C3CCCCO3)cn2)C1)N1CCCC1. The number of hydrogen-bond donors (Lipinski definition) is 0. The molecule has 1 amide bonds. The summed E-state index contributed by atoms with van der Waals surface area (Å²) in [6.07, 6.45) is 5.25. The summed E-state index contributed by atoms with van der Waals surface area (Å²) in [5.41, 5.74) is 2.11. The molecule has 2 aromatic heterocycles. The molecule has 0 spiro atoms. The van der Waals surface area contributed by atoms with Gasteiger partial charge in [-0.1, -0.05) is 42.5 Å². The lowest BCUT2D eigenvalue weighted by Gasteiger charge is -2.31. The Hall–Kier alpha value is -4.55. The fraction of sp³-hybridized carbons (Fsp3) is 0.425. The second-order valence-electron chi connectivity index (χ2n) is 13.8. The van der Waals surface area contributed by atoms with Gasteiger partial charge >= 0.3 is 6.18 Å². The van der Waals surface area contributed by atoms with E-state index in [1.165, 1.54) is 10.9 Å². The number of halogens is 4. The van der Waals surface area contributed by atoms with Gasteiger partial charge in [0.25, 0.3) is 0 Å². The molecule has 3 saturated heterocycles. The van der Waals surface area contributed by atoms with Crippen LogP contribution >= 0.6 is 0 Å². The molecule has 0 N–H and O–H groups in total. The molecule has 1 unspecified atom stereocenters. The van der Waals surface area contributed by atoms with E-state index >= 15 is 4.39 Å². The summed E-state index contributed by atoms with van der Waals surface area (Å²) >= 11 is 0. The normalized spacial score (nSPS) is 20.8. The summed E-state index contributed by atoms with van der Waals surface area (Å²) in [5.74, 6) is -0.290. The molecule has 4 aromatic rings. The van der Waals surface area contributed by atoms with Crippen LogP contribution in [0.15, 0.2) is 79.0 Å². The van der Waals surface area contributed by atoms with Crippen molar-refractivity contribution >= 4 is 28.0 Å². The molecule has 0 bridgehead atoms. The van der Waals surface area contributed by atoms with E-state index in [0.29, 0.717) is 59.8 Å². The van der Waals surface area contributed by atoms with E-state index in [9.17, 15) is 18.0 Å². The number of pyridine rings is 1. The first-order valence-electron chi connectivity index (χ1n) is 18.2. The van der Waals surface area contributed by atoms with E-state index in [4.69, 9.17) is 9.47 Å². The summed E-state index contributed by atoms with van der Waals surface area (Å²) in [7, 11) is 0. The maximum Gasteiger partial charge on any atom is 0.393 e. The highest BCUT2D eigenvalue weighted by Crippen LogP contribution is 2.41. The average Bonchev–Trinajstić information content (AvgIpc) is 3.81. The van der Waals surface area contributed by atoms with Crippen molar-refractivity contribution < 1.29 is 31.8 Å². The predicted octanol–water partition coefficient (Wildman–Crippen LogP) is 8.20. The number of alkyl halides is 3. The smallest absolute Gasteiger partial charge is 0.393 e. The van der Waals surface area contributed by atoms with Crippen LogP contribution in [-0.4, -0.2) is 82.1 Å². The molecule has 2 aromatic carbocycles. The Morgan fingerprint density at radius 2 is 1.73 bits per heavy atom. The van der Waals surface area contributed by atoms with Crippen LogP contribution in [0.4, 0.5) is 17.6 Å². The van der Waals surface area contributed by atoms with Crippen molar-refractivity contribution in [1.29, 1.82) is 0 Å². The van der Waals surface area contributed by atoms with Gasteiger partial charge in [-0.05, 0) is 92.0 Å². The molecule has 7 rings (SSSR count). The molecule has 0 saturated carbocycles. The van der Waals surface area contributed by atoms with Crippen molar-refractivity contribution in [2.24, 2.45) is 0 Å². The second kappa shape index (κ2) is 16.0. The lowest BCUT2D eigenvalue weighted by atomic mass is 9.88. The molecule has 3 aliphatic heterocycles. The highest BCUT2D eigenvalue weighted by Gasteiger charge is 2.32. The molecular weight excluding hydrogens is 674 g/mol. The number of amides is 1. The maximum atomic E-state index is 15.4. The van der Waals surface area contributed by atoms with E-state index in [1.54, 1.807) is 66.7 Å². The van der Waals surface area contributed by atoms with Crippen LogP contribution in [0.2, 0.25) is 0 Å². The number of ether oxygens (including phenoxy) is 2. The summed E-state index contributed by atoms with van der Waals surface area (Å²) in [4.78, 5) is 21.1. The molecule has 52 heavy (non-hydrogen) atoms. The molecule has 5 heterocycles. The molecule has 0 aliphatic carbocycles. The zero-order chi connectivity index (χ0) is 36.1. The van der Waals surface area contributed by atoms with Gasteiger partial charge in [0.1, 0.15) is 6.10 Å². The Balaban J connectivity index is 1.16. The number of benzene rings is 2. The van der Waals surface area contributed by atoms with Crippen LogP contribution in [-0.2, 0) is 9.53 Å². The third kappa shape index (κ3) is 8.56. The number of carbonyl (C=O) groups is 1. The first kappa shape index (κ1) is 35.8. The Morgan fingerprint density at radius 3 is 2.46 bits per heavy atom. The predicted molar refractivity (Wildman–Crippen MR) is 191 cm³/mol. The van der Waals surface area contributed by atoms with Gasteiger partial charge in [-0.25, -0.2) is 9.67 Å². The highest BCUT2D eigenvalue weighted by atomic mass is 19.4. The fourth-order valence-electron chi connectivity index (χ4n) is 7.47. The van der Waals surface area contributed by atoms with Gasteiger partial charge in [-0.15, -0.1) is 5.10 Å². The second-order valence-corrected chi connectivity index (χ2v) is 13.8. The summed E-state index contributed by atoms with van der Waals surface area (Å²) in [6, 6.07) is 16.8. The van der Waals surface area contributed by atoms with Gasteiger partial charge in [0.2, 0.25) is 17.7 Å². The van der Waals surface area contributed by atoms with Gasteiger partial charge in [0, 0.05) is 56.7 Å². The van der Waals surface area contributed by atoms with Crippen LogP contribution in [0.5, 0.6) is 5.88 Å². The summed E-state index contributed by atoms with van der Waals surface area (Å²) < 4.78 is 71.9. The van der Waals surface area contributed by atoms with Crippen molar-refractivity contribution in [1.82, 2.24) is 24.6 Å². The Morgan fingerprint density at radius 1 is 0.923 bits per heavy atom. The van der Waals surface area contributed by atoms with Crippen molar-refractivity contribution in [3.8, 4) is 5.88 Å². The third-order valence-electron chi connectivity index (χ3n) is 10.00. The van der Waals surface area contributed by atoms with Crippen molar-refractivity contribution in [2.45, 2.75) is 69.9 Å². The molecule has 0 radical (unpaired) electrons. The Labute approximate surface area is 300 Å². The first-order chi connectivity index (χ1) is 25.2. The van der Waals surface area contributed by atoms with Crippen LogP contribution in [0.3, 0.4) is 0 Å². The zero-order valence-corrected chi connectivity index (χ0v) is 29.0. The number of fused-ring (bicyclic) bond motifs is 1. The molecule has 2 atom stereocenters. The van der Waals surface area contributed by atoms with E-state index < -0.39 is 24.8 Å². The molecule has 3 aliphatic rings. The highest BCUT2D eigenvalue weighted by molar-refractivity contribution is 6.00. The largest absolute Gasteiger partial charge is 0.473 e. The first-order valence-corrected chi connectivity index (χ1v) is 18.2. The van der Waals surface area contributed by atoms with Crippen molar-refractivity contribution in [3.05, 3.63) is 102 Å². The number of carbonyl (C=O) groups excluding carboxylic acids is 1. The number of likely N-dealkylation sites (tertiary alicyclic amines) is 2. The molecule has 274 valence electrons. The van der Waals surface area contributed by atoms with Gasteiger partial charge in [-0.3, -0.25) is 9.69 Å². The van der Waals surface area contributed by atoms with Crippen molar-refractivity contribution in [2.75, 3.05) is 39.3 Å². The molecule has 12 heteroatoms. The van der Waals surface area contributed by atoms with Crippen molar-refractivity contribution in [3.63, 3.8) is 0 Å². The Kier molecular flexibility index (Phi) is 11.0. The third-order valence-corrected chi connectivity index (χ3v) is 10.00. The van der Waals surface area contributed by atoms with E-state index in [-0.39, 0.29) is 23.0 Å². The number of nitrogens with zero attached hydrogens (tertiary/aromatic N) is 5. The Bertz CT molecular complexity index is 1900. The van der Waals surface area contributed by atoms with Gasteiger partial charge in [-0.2, -0.15) is 17.6 Å². The number of piperidine rings is 1. The maximum absolute atomic E-state index is 15.4. The molecule has 8 nitrogen and oxygen atoms in total. The summed E-state index contributed by atoms with van der Waals surface area (Å²) in [5, 5.41) is 4.34. The van der Waals surface area contributed by atoms with E-state index in [0.717, 1.165) is 58.2 Å². The minimum absolute atomic E-state index is 0.0468. The van der Waals surface area contributed by atoms with E-state index in [2.05, 4.69) is 15.0 Å². The quantitative estimate of drug-likeness (QED) is 0.0936. The zero-order valence-electron chi connectivity index (χ0n) is 29.0. The minimum Gasteiger partial charge on any atom is -0.473 e. The summed E-state index contributed by atoms with van der Waals surface area (Å²) in [6.45, 7) is 4.38. The van der Waals surface area contributed by atoms with Gasteiger partial charge in [0.15, 0.2) is 6.23 Å². The number of rotatable bonds is 10.